The van der Waals surface area contributed by atoms with Gasteiger partial charge in [-0.3, -0.25) is 9.59 Å². The standard InChI is InChI=1S/C17H10N2O4S2/c20-14(8-10-9-25-15(18-10)13-6-3-7-24-13)23-19-16(21)11-4-1-2-5-12(11)17(19)22/h1-7,9H,8H2. The summed E-state index contributed by atoms with van der Waals surface area (Å²) in [7, 11) is 0. The van der Waals surface area contributed by atoms with Crippen molar-refractivity contribution in [2.45, 2.75) is 6.42 Å². The number of aromatic nitrogens is 1. The molecule has 4 rings (SSSR count). The van der Waals surface area contributed by atoms with Crippen molar-refractivity contribution in [3.05, 3.63) is 64.0 Å². The third-order valence-electron chi connectivity index (χ3n) is 3.56. The molecule has 3 heterocycles. The molecule has 0 aliphatic carbocycles. The average Bonchev–Trinajstić information content (AvgIpc) is 3.33. The second-order valence-electron chi connectivity index (χ2n) is 5.21. The fourth-order valence-corrected chi connectivity index (χ4v) is 4.07. The lowest BCUT2D eigenvalue weighted by Crippen LogP contribution is -2.33. The number of thiophene rings is 1. The third kappa shape index (κ3) is 2.86. The summed E-state index contributed by atoms with van der Waals surface area (Å²) < 4.78 is 0. The molecule has 0 radical (unpaired) electrons. The van der Waals surface area contributed by atoms with E-state index in [1.165, 1.54) is 23.5 Å². The maximum Gasteiger partial charge on any atom is 0.339 e. The molecular formula is C17H10N2O4S2. The number of hydroxylamine groups is 2. The van der Waals surface area contributed by atoms with Crippen molar-refractivity contribution in [3.63, 3.8) is 0 Å². The molecule has 0 spiro atoms. The van der Waals surface area contributed by atoms with Crippen LogP contribution in [0, 0.1) is 0 Å². The second kappa shape index (κ2) is 6.23. The molecule has 1 aliphatic heterocycles. The summed E-state index contributed by atoms with van der Waals surface area (Å²) in [6.07, 6.45) is -0.116. The number of thiazole rings is 1. The van der Waals surface area contributed by atoms with Crippen LogP contribution in [-0.2, 0) is 16.1 Å². The summed E-state index contributed by atoms with van der Waals surface area (Å²) in [5.74, 6) is -1.98. The molecule has 1 aromatic carbocycles. The van der Waals surface area contributed by atoms with E-state index in [0.29, 0.717) is 10.8 Å². The van der Waals surface area contributed by atoms with Gasteiger partial charge in [-0.2, -0.15) is 0 Å². The molecule has 0 fully saturated rings. The SMILES string of the molecule is O=C(Cc1csc(-c2cccs2)n1)ON1C(=O)c2ccccc2C1=O. The Hall–Kier alpha value is -2.84. The Morgan fingerprint density at radius 2 is 1.76 bits per heavy atom. The van der Waals surface area contributed by atoms with Gasteiger partial charge >= 0.3 is 5.97 Å². The van der Waals surface area contributed by atoms with Gasteiger partial charge < -0.3 is 4.84 Å². The highest BCUT2D eigenvalue weighted by Crippen LogP contribution is 2.28. The topological polar surface area (TPSA) is 76.6 Å². The molecule has 25 heavy (non-hydrogen) atoms. The fraction of sp³-hybridized carbons (Fsp3) is 0.0588. The van der Waals surface area contributed by atoms with Gasteiger partial charge in [0.05, 0.1) is 28.1 Å². The van der Waals surface area contributed by atoms with Crippen LogP contribution in [0.4, 0.5) is 0 Å². The Labute approximate surface area is 150 Å². The van der Waals surface area contributed by atoms with Crippen molar-refractivity contribution in [3.8, 4) is 9.88 Å². The lowest BCUT2D eigenvalue weighted by Gasteiger charge is -2.11. The number of amides is 2. The van der Waals surface area contributed by atoms with E-state index in [2.05, 4.69) is 4.98 Å². The number of carbonyl (C=O) groups is 3. The van der Waals surface area contributed by atoms with Crippen LogP contribution in [0.1, 0.15) is 26.4 Å². The Bertz CT molecular complexity index is 943. The van der Waals surface area contributed by atoms with Crippen molar-refractivity contribution in [2.75, 3.05) is 0 Å². The number of benzene rings is 1. The second-order valence-corrected chi connectivity index (χ2v) is 7.02. The largest absolute Gasteiger partial charge is 0.339 e. The molecule has 1 aliphatic rings. The first-order valence-corrected chi connectivity index (χ1v) is 9.06. The lowest BCUT2D eigenvalue weighted by atomic mass is 10.1. The van der Waals surface area contributed by atoms with Gasteiger partial charge in [0, 0.05) is 5.38 Å². The van der Waals surface area contributed by atoms with Crippen LogP contribution >= 0.6 is 22.7 Å². The first-order chi connectivity index (χ1) is 12.1. The Kier molecular flexibility index (Phi) is 3.90. The van der Waals surface area contributed by atoms with Crippen LogP contribution in [0.25, 0.3) is 9.88 Å². The van der Waals surface area contributed by atoms with Gasteiger partial charge in [0.25, 0.3) is 11.8 Å². The van der Waals surface area contributed by atoms with Crippen molar-refractivity contribution in [1.29, 1.82) is 0 Å². The first kappa shape index (κ1) is 15.7. The van der Waals surface area contributed by atoms with E-state index in [9.17, 15) is 14.4 Å². The number of hydrogen-bond donors (Lipinski definition) is 0. The third-order valence-corrected chi connectivity index (χ3v) is 5.49. The molecular weight excluding hydrogens is 360 g/mol. The lowest BCUT2D eigenvalue weighted by molar-refractivity contribution is -0.167. The van der Waals surface area contributed by atoms with E-state index in [4.69, 9.17) is 4.84 Å². The number of nitrogens with zero attached hydrogens (tertiary/aromatic N) is 2. The molecule has 0 unspecified atom stereocenters. The molecule has 8 heteroatoms. The number of hydrogen-bond acceptors (Lipinski definition) is 7. The van der Waals surface area contributed by atoms with E-state index < -0.39 is 17.8 Å². The summed E-state index contributed by atoms with van der Waals surface area (Å²) in [4.78, 5) is 46.8. The normalized spacial score (nSPS) is 13.2. The Morgan fingerprint density at radius 3 is 2.40 bits per heavy atom. The van der Waals surface area contributed by atoms with Crippen molar-refractivity contribution in [1.82, 2.24) is 10.0 Å². The minimum Gasteiger partial charge on any atom is -0.329 e. The molecule has 2 aromatic heterocycles. The minimum absolute atomic E-state index is 0.116. The summed E-state index contributed by atoms with van der Waals surface area (Å²) >= 11 is 2.99. The number of carbonyl (C=O) groups excluding carboxylic acids is 3. The highest BCUT2D eigenvalue weighted by molar-refractivity contribution is 7.20. The summed E-state index contributed by atoms with van der Waals surface area (Å²) in [5.41, 5.74) is 0.998. The van der Waals surface area contributed by atoms with Crippen LogP contribution in [0.5, 0.6) is 0 Å². The van der Waals surface area contributed by atoms with Gasteiger partial charge in [0.1, 0.15) is 5.01 Å². The number of rotatable bonds is 4. The molecule has 6 nitrogen and oxygen atoms in total. The van der Waals surface area contributed by atoms with Crippen LogP contribution in [0.15, 0.2) is 47.2 Å². The highest BCUT2D eigenvalue weighted by atomic mass is 32.1. The van der Waals surface area contributed by atoms with Gasteiger partial charge in [-0.15, -0.1) is 22.7 Å². The smallest absolute Gasteiger partial charge is 0.329 e. The number of imide groups is 1. The molecule has 0 N–H and O–H groups in total. The minimum atomic E-state index is -0.711. The maximum atomic E-state index is 12.2. The van der Waals surface area contributed by atoms with E-state index in [0.717, 1.165) is 9.88 Å². The van der Waals surface area contributed by atoms with Crippen LogP contribution in [0.2, 0.25) is 0 Å². The zero-order valence-corrected chi connectivity index (χ0v) is 14.3. The molecule has 0 saturated heterocycles. The van der Waals surface area contributed by atoms with Crippen molar-refractivity contribution < 1.29 is 19.2 Å². The summed E-state index contributed by atoms with van der Waals surface area (Å²) in [5, 5.41) is 5.05. The Morgan fingerprint density at radius 1 is 1.04 bits per heavy atom. The van der Waals surface area contributed by atoms with Crippen LogP contribution in [-0.4, -0.2) is 27.8 Å². The van der Waals surface area contributed by atoms with E-state index in [1.54, 1.807) is 28.8 Å². The fourth-order valence-electron chi connectivity index (χ4n) is 2.43. The first-order valence-electron chi connectivity index (χ1n) is 7.30. The summed E-state index contributed by atoms with van der Waals surface area (Å²) in [6.45, 7) is 0. The molecule has 3 aromatic rings. The quantitative estimate of drug-likeness (QED) is 0.659. The van der Waals surface area contributed by atoms with Gasteiger partial charge in [-0.1, -0.05) is 23.3 Å². The van der Waals surface area contributed by atoms with E-state index in [1.807, 2.05) is 17.5 Å². The van der Waals surface area contributed by atoms with Gasteiger partial charge in [-0.05, 0) is 23.6 Å². The predicted octanol–water partition coefficient (Wildman–Crippen LogP) is 3.17. The van der Waals surface area contributed by atoms with Gasteiger partial charge in [-0.25, -0.2) is 9.78 Å². The highest BCUT2D eigenvalue weighted by Gasteiger charge is 2.38. The van der Waals surface area contributed by atoms with Crippen LogP contribution < -0.4 is 0 Å². The molecule has 0 bridgehead atoms. The summed E-state index contributed by atoms with van der Waals surface area (Å²) in [6, 6.07) is 10.2. The molecule has 0 atom stereocenters. The molecule has 124 valence electrons. The van der Waals surface area contributed by atoms with Gasteiger partial charge in [0.15, 0.2) is 0 Å². The molecule has 0 saturated carbocycles. The monoisotopic (exact) mass is 370 g/mol. The van der Waals surface area contributed by atoms with E-state index >= 15 is 0 Å². The van der Waals surface area contributed by atoms with E-state index in [-0.39, 0.29) is 17.5 Å². The number of fused-ring (bicyclic) bond motifs is 1. The zero-order valence-electron chi connectivity index (χ0n) is 12.7. The van der Waals surface area contributed by atoms with Crippen LogP contribution in [0.3, 0.4) is 0 Å². The molecule has 2 amide bonds. The predicted molar refractivity (Wildman–Crippen MR) is 92.2 cm³/mol. The zero-order chi connectivity index (χ0) is 17.4. The Balaban J connectivity index is 1.45. The average molecular weight is 370 g/mol. The van der Waals surface area contributed by atoms with Gasteiger partial charge in [0.2, 0.25) is 0 Å². The maximum absolute atomic E-state index is 12.2. The van der Waals surface area contributed by atoms with Crippen molar-refractivity contribution in [2.24, 2.45) is 0 Å². The van der Waals surface area contributed by atoms with Crippen molar-refractivity contribution >= 4 is 40.5 Å².